The number of phenolic OH excluding ortho intramolecular Hbond substituents is 1. The summed E-state index contributed by atoms with van der Waals surface area (Å²) in [4.78, 5) is 36.6. The first kappa shape index (κ1) is 31.4. The molecular weight excluding hydrogens is 580 g/mol. The van der Waals surface area contributed by atoms with Gasteiger partial charge in [0.2, 0.25) is 5.43 Å². The van der Waals surface area contributed by atoms with E-state index in [2.05, 4.69) is 0 Å². The number of carboxylic acids is 1. The molecule has 5 rings (SSSR count). The molecule has 1 aliphatic carbocycles. The number of carbonyl (C=O) groups excluding carboxylic acids is 1. The van der Waals surface area contributed by atoms with Crippen molar-refractivity contribution in [2.45, 2.75) is 62.8 Å². The predicted molar refractivity (Wildman–Crippen MR) is 152 cm³/mol. The highest BCUT2D eigenvalue weighted by molar-refractivity contribution is 5.91. The minimum Gasteiger partial charge on any atom is -0.510 e. The lowest BCUT2D eigenvalue weighted by Gasteiger charge is -2.40. The summed E-state index contributed by atoms with van der Waals surface area (Å²) in [5.41, 5.74) is 0.375. The zero-order valence-electron chi connectivity index (χ0n) is 23.8. The van der Waals surface area contributed by atoms with Crippen molar-refractivity contribution < 1.29 is 59.2 Å². The number of hydrogen-bond donors (Lipinski definition) is 6. The Labute approximate surface area is 251 Å². The first-order valence-corrected chi connectivity index (χ1v) is 14.2. The second kappa shape index (κ2) is 12.9. The number of aliphatic carboxylic acids is 1. The fourth-order valence-corrected chi connectivity index (χ4v) is 5.70. The van der Waals surface area contributed by atoms with Gasteiger partial charge >= 0.3 is 11.9 Å². The van der Waals surface area contributed by atoms with E-state index in [4.69, 9.17) is 18.9 Å². The van der Waals surface area contributed by atoms with Gasteiger partial charge in [-0.15, -0.1) is 0 Å². The summed E-state index contributed by atoms with van der Waals surface area (Å²) in [6, 6.07) is 5.97. The molecule has 236 valence electrons. The molecule has 13 nitrogen and oxygen atoms in total. The normalized spacial score (nSPS) is 28.2. The molecule has 6 N–H and O–H groups in total. The van der Waals surface area contributed by atoms with Gasteiger partial charge in [0.05, 0.1) is 37.2 Å². The number of benzene rings is 1. The van der Waals surface area contributed by atoms with Gasteiger partial charge in [-0.25, -0.2) is 4.79 Å². The molecule has 1 fully saturated rings. The number of esters is 1. The summed E-state index contributed by atoms with van der Waals surface area (Å²) in [5.74, 6) is -3.06. The molecule has 0 saturated carbocycles. The lowest BCUT2D eigenvalue weighted by atomic mass is 9.88. The average molecular weight is 615 g/mol. The van der Waals surface area contributed by atoms with Crippen LogP contribution in [0.1, 0.15) is 24.5 Å². The molecule has 44 heavy (non-hydrogen) atoms. The van der Waals surface area contributed by atoms with E-state index in [1.165, 1.54) is 30.4 Å². The number of fused-ring (bicyclic) bond motifs is 2. The maximum Gasteiger partial charge on any atom is 0.331 e. The Bertz CT molecular complexity index is 1560. The molecule has 0 spiro atoms. The van der Waals surface area contributed by atoms with Gasteiger partial charge in [0.15, 0.2) is 5.75 Å². The van der Waals surface area contributed by atoms with E-state index < -0.39 is 78.7 Å². The molecule has 0 radical (unpaired) electrons. The minimum atomic E-state index is -1.37. The number of carboxylic acid groups (broad SMARTS) is 1. The van der Waals surface area contributed by atoms with Gasteiger partial charge < -0.3 is 49.6 Å². The molecule has 0 aromatic heterocycles. The number of aliphatic hydroxyl groups excluding tert-OH is 4. The number of aliphatic hydroxyl groups is 4. The van der Waals surface area contributed by atoms with Crippen LogP contribution in [0.15, 0.2) is 52.5 Å². The summed E-state index contributed by atoms with van der Waals surface area (Å²) in [6.45, 7) is 0.896. The summed E-state index contributed by atoms with van der Waals surface area (Å²) in [6.07, 6.45) is -3.04. The van der Waals surface area contributed by atoms with Crippen molar-refractivity contribution in [2.24, 2.45) is 5.92 Å². The summed E-state index contributed by atoms with van der Waals surface area (Å²) >= 11 is 0. The van der Waals surface area contributed by atoms with Crippen molar-refractivity contribution in [3.05, 3.63) is 69.1 Å². The maximum absolute atomic E-state index is 13.7. The summed E-state index contributed by atoms with van der Waals surface area (Å²) in [7, 11) is 0. The van der Waals surface area contributed by atoms with E-state index >= 15 is 0 Å². The lowest BCUT2D eigenvalue weighted by molar-refractivity contribution is -0.210. The Hall–Kier alpha value is -4.01. The number of aromatic hydroxyl groups is 1. The monoisotopic (exact) mass is 614 g/mol. The zero-order valence-corrected chi connectivity index (χ0v) is 23.8. The molecule has 7 unspecified atom stereocenters. The second-order valence-electron chi connectivity index (χ2n) is 11.2. The van der Waals surface area contributed by atoms with Crippen molar-refractivity contribution in [3.8, 4) is 11.5 Å². The Balaban J connectivity index is 1.42. The van der Waals surface area contributed by atoms with Gasteiger partial charge in [-0.05, 0) is 29.5 Å². The van der Waals surface area contributed by atoms with Crippen molar-refractivity contribution in [1.82, 2.24) is 0 Å². The topological polar surface area (TPSA) is 210 Å². The van der Waals surface area contributed by atoms with Gasteiger partial charge in [0.1, 0.15) is 42.5 Å². The quantitative estimate of drug-likeness (QED) is 0.203. The zero-order chi connectivity index (χ0) is 31.7. The van der Waals surface area contributed by atoms with E-state index in [9.17, 15) is 45.0 Å². The second-order valence-corrected chi connectivity index (χ2v) is 11.2. The average Bonchev–Trinajstić information content (AvgIpc) is 3.27. The van der Waals surface area contributed by atoms with Crippen LogP contribution < -0.4 is 10.2 Å². The van der Waals surface area contributed by atoms with E-state index in [0.29, 0.717) is 16.5 Å². The third kappa shape index (κ3) is 6.42. The fourth-order valence-electron chi connectivity index (χ4n) is 5.70. The van der Waals surface area contributed by atoms with E-state index in [0.717, 1.165) is 0 Å². The third-order valence-corrected chi connectivity index (χ3v) is 8.23. The maximum atomic E-state index is 13.7. The van der Waals surface area contributed by atoms with Gasteiger partial charge in [0, 0.05) is 29.6 Å². The summed E-state index contributed by atoms with van der Waals surface area (Å²) in [5, 5.41) is 61.3. The number of rotatable bonds is 10. The number of phenols is 1. The van der Waals surface area contributed by atoms with Crippen LogP contribution in [0.2, 0.25) is 0 Å². The fraction of sp³-hybridized carbons (Fsp3) is 0.452. The largest absolute Gasteiger partial charge is 0.510 e. The molecule has 3 aliphatic rings. The van der Waals surface area contributed by atoms with Crippen LogP contribution in [0.5, 0.6) is 11.5 Å². The number of hydrogen-bond acceptors (Lipinski definition) is 12. The first-order chi connectivity index (χ1) is 21.0. The smallest absolute Gasteiger partial charge is 0.331 e. The first-order valence-electron chi connectivity index (χ1n) is 14.2. The van der Waals surface area contributed by atoms with Gasteiger partial charge in [-0.1, -0.05) is 25.1 Å². The van der Waals surface area contributed by atoms with Crippen LogP contribution in [0.4, 0.5) is 0 Å². The standard InChI is InChI=1S/C31H34O13/c1-14-23(12-32)43-24(31(40)28(14)37)13-42-22-7-15(4-5-41-21-11-20-18(8-19(21)33)10-26(36)44-20)6-16-2-3-17(9-25(34)35)29(38)27(16)30(22)39/h2-3,6-8,10,14,20-21,23-24,28,31-33,37-38,40H,4-5,9,11-13H2,1H3,(H,34,35). The summed E-state index contributed by atoms with van der Waals surface area (Å²) < 4.78 is 22.6. The van der Waals surface area contributed by atoms with Crippen LogP contribution in [0.3, 0.4) is 0 Å². The van der Waals surface area contributed by atoms with E-state index in [1.807, 2.05) is 0 Å². The van der Waals surface area contributed by atoms with E-state index in [1.54, 1.807) is 13.0 Å². The van der Waals surface area contributed by atoms with E-state index in [-0.39, 0.29) is 48.5 Å². The number of ether oxygens (including phenoxy) is 4. The van der Waals surface area contributed by atoms with Crippen molar-refractivity contribution >= 4 is 22.7 Å². The van der Waals surface area contributed by atoms with Gasteiger partial charge in [0.25, 0.3) is 0 Å². The molecule has 2 aromatic rings. The van der Waals surface area contributed by atoms with Crippen LogP contribution in [-0.2, 0) is 36.6 Å². The van der Waals surface area contributed by atoms with Crippen LogP contribution >= 0.6 is 0 Å². The van der Waals surface area contributed by atoms with Crippen molar-refractivity contribution in [1.29, 1.82) is 0 Å². The molecule has 2 aromatic carbocycles. The Morgan fingerprint density at radius 1 is 1.07 bits per heavy atom. The molecular formula is C31H34O13. The molecule has 2 heterocycles. The number of carbonyl (C=O) groups is 2. The highest BCUT2D eigenvalue weighted by atomic mass is 16.6. The van der Waals surface area contributed by atoms with Gasteiger partial charge in [-0.3, -0.25) is 9.59 Å². The minimum absolute atomic E-state index is 0.0265. The molecule has 2 aliphatic heterocycles. The molecule has 0 amide bonds. The molecule has 13 heteroatoms. The highest BCUT2D eigenvalue weighted by Gasteiger charge is 2.42. The highest BCUT2D eigenvalue weighted by Crippen LogP contribution is 2.32. The van der Waals surface area contributed by atoms with Crippen LogP contribution in [-0.4, -0.2) is 99.0 Å². The Morgan fingerprint density at radius 3 is 2.57 bits per heavy atom. The Morgan fingerprint density at radius 2 is 1.84 bits per heavy atom. The van der Waals surface area contributed by atoms with Crippen molar-refractivity contribution in [3.63, 3.8) is 0 Å². The third-order valence-electron chi connectivity index (χ3n) is 8.23. The van der Waals surface area contributed by atoms with Crippen LogP contribution in [0, 0.1) is 5.92 Å². The Kier molecular flexibility index (Phi) is 9.23. The molecule has 0 bridgehead atoms. The van der Waals surface area contributed by atoms with Gasteiger partial charge in [-0.2, -0.15) is 0 Å². The molecule has 7 atom stereocenters. The lowest BCUT2D eigenvalue weighted by Crippen LogP contribution is -2.56. The van der Waals surface area contributed by atoms with Crippen molar-refractivity contribution in [2.75, 3.05) is 19.8 Å². The predicted octanol–water partition coefficient (Wildman–Crippen LogP) is 0.654. The molecule has 1 saturated heterocycles. The van der Waals surface area contributed by atoms with Crippen LogP contribution in [0.25, 0.3) is 10.8 Å². The SMILES string of the molecule is CC1C(CO)OC(COc2cc(CCOC3CC4OC(=O)C=C4C=C3O)cc3ccc(CC(=O)O)c(O)c3c2=O)C(O)C1O.